The first-order valence-electron chi connectivity index (χ1n) is 5.66. The number of hydrogen-bond acceptors (Lipinski definition) is 4. The summed E-state index contributed by atoms with van der Waals surface area (Å²) in [7, 11) is 1.92. The molecule has 2 aromatic rings. The third kappa shape index (κ3) is 2.79. The molecule has 0 saturated carbocycles. The molecule has 2 N–H and O–H groups in total. The Labute approximate surface area is 116 Å². The molecule has 2 rings (SSSR count). The minimum absolute atomic E-state index is 0.534. The fraction of sp³-hybridized carbons (Fsp3) is 0.333. The molecule has 0 aromatic carbocycles. The summed E-state index contributed by atoms with van der Waals surface area (Å²) in [6, 6.07) is 3.75. The molecule has 4 nitrogen and oxygen atoms in total. The molecule has 0 atom stereocenters. The van der Waals surface area contributed by atoms with Crippen molar-refractivity contribution >= 4 is 29.2 Å². The van der Waals surface area contributed by atoms with Crippen LogP contribution in [0.1, 0.15) is 18.3 Å². The van der Waals surface area contributed by atoms with E-state index in [1.54, 1.807) is 24.0 Å². The van der Waals surface area contributed by atoms with Gasteiger partial charge in [0.15, 0.2) is 0 Å². The first-order chi connectivity index (χ1) is 8.61. The second kappa shape index (κ2) is 5.63. The number of nitrogens with two attached hydrogens (primary N) is 1. The van der Waals surface area contributed by atoms with Crippen LogP contribution in [0, 0.1) is 0 Å². The van der Waals surface area contributed by atoms with Crippen LogP contribution in [0.4, 0.5) is 5.82 Å². The number of aromatic nitrogens is 3. The number of pyridine rings is 1. The lowest BCUT2D eigenvalue weighted by molar-refractivity contribution is 0.720. The molecular formula is C12H15ClN4S. The third-order valence-electron chi connectivity index (χ3n) is 2.64. The maximum absolute atomic E-state index is 6.29. The van der Waals surface area contributed by atoms with Crippen LogP contribution in [-0.2, 0) is 19.2 Å². The minimum Gasteiger partial charge on any atom is -0.384 e. The lowest BCUT2D eigenvalue weighted by Gasteiger charge is -2.03. The SMILES string of the molecule is CCc1nn(C)c(CSc2ccc(N)nc2)c1Cl. The van der Waals surface area contributed by atoms with Gasteiger partial charge in [-0.25, -0.2) is 4.98 Å². The van der Waals surface area contributed by atoms with Crippen LogP contribution in [0.3, 0.4) is 0 Å². The number of halogens is 1. The van der Waals surface area contributed by atoms with Crippen molar-refractivity contribution in [3.05, 3.63) is 34.7 Å². The number of aryl methyl sites for hydroxylation is 2. The number of rotatable bonds is 4. The molecule has 2 heterocycles. The lowest BCUT2D eigenvalue weighted by atomic mass is 10.3. The molecule has 6 heteroatoms. The largest absolute Gasteiger partial charge is 0.384 e. The number of anilines is 1. The van der Waals surface area contributed by atoms with Crippen LogP contribution in [0.2, 0.25) is 5.02 Å². The van der Waals surface area contributed by atoms with E-state index in [2.05, 4.69) is 17.0 Å². The molecule has 0 amide bonds. The summed E-state index contributed by atoms with van der Waals surface area (Å²) in [5.74, 6) is 1.31. The summed E-state index contributed by atoms with van der Waals surface area (Å²) in [5.41, 5.74) is 7.53. The van der Waals surface area contributed by atoms with E-state index in [4.69, 9.17) is 17.3 Å². The first kappa shape index (κ1) is 13.2. The highest BCUT2D eigenvalue weighted by atomic mass is 35.5. The van der Waals surface area contributed by atoms with Gasteiger partial charge in [0.05, 0.1) is 16.4 Å². The molecule has 0 aliphatic rings. The van der Waals surface area contributed by atoms with Gasteiger partial charge in [-0.05, 0) is 18.6 Å². The lowest BCUT2D eigenvalue weighted by Crippen LogP contribution is -1.97. The van der Waals surface area contributed by atoms with E-state index in [9.17, 15) is 0 Å². The summed E-state index contributed by atoms with van der Waals surface area (Å²) in [4.78, 5) is 5.13. The van der Waals surface area contributed by atoms with Gasteiger partial charge < -0.3 is 5.73 Å². The van der Waals surface area contributed by atoms with Crippen LogP contribution >= 0.6 is 23.4 Å². The van der Waals surface area contributed by atoms with Crippen molar-refractivity contribution in [1.29, 1.82) is 0 Å². The molecule has 0 fully saturated rings. The van der Waals surface area contributed by atoms with Gasteiger partial charge >= 0.3 is 0 Å². The summed E-state index contributed by atoms with van der Waals surface area (Å²) in [6.07, 6.45) is 2.62. The van der Waals surface area contributed by atoms with Gasteiger partial charge in [-0.3, -0.25) is 4.68 Å². The summed E-state index contributed by atoms with van der Waals surface area (Å²) in [5, 5.41) is 5.16. The summed E-state index contributed by atoms with van der Waals surface area (Å²) < 4.78 is 1.85. The fourth-order valence-electron chi connectivity index (χ4n) is 1.61. The average molecular weight is 283 g/mol. The van der Waals surface area contributed by atoms with E-state index in [1.807, 2.05) is 17.8 Å². The van der Waals surface area contributed by atoms with E-state index in [1.165, 1.54) is 0 Å². The molecule has 2 aromatic heterocycles. The number of hydrogen-bond donors (Lipinski definition) is 1. The van der Waals surface area contributed by atoms with Crippen molar-refractivity contribution < 1.29 is 0 Å². The standard InChI is InChI=1S/C12H15ClN4S/c1-3-9-12(13)10(17(2)16-9)7-18-8-4-5-11(14)15-6-8/h4-6H,3,7H2,1-2H3,(H2,14,15). The molecule has 0 radical (unpaired) electrons. The topological polar surface area (TPSA) is 56.7 Å². The number of thioether (sulfide) groups is 1. The fourth-order valence-corrected chi connectivity index (χ4v) is 2.97. The molecule has 0 aliphatic carbocycles. The average Bonchev–Trinajstić information content (AvgIpc) is 2.64. The van der Waals surface area contributed by atoms with Crippen molar-refractivity contribution in [2.45, 2.75) is 24.0 Å². The van der Waals surface area contributed by atoms with E-state index < -0.39 is 0 Å². The maximum atomic E-state index is 6.29. The second-order valence-electron chi connectivity index (χ2n) is 3.89. The molecule has 18 heavy (non-hydrogen) atoms. The van der Waals surface area contributed by atoms with E-state index in [0.717, 1.165) is 33.5 Å². The zero-order chi connectivity index (χ0) is 13.1. The zero-order valence-corrected chi connectivity index (χ0v) is 11.9. The Bertz CT molecular complexity index is 536. The van der Waals surface area contributed by atoms with Gasteiger partial charge in [0.2, 0.25) is 0 Å². The maximum Gasteiger partial charge on any atom is 0.123 e. The normalized spacial score (nSPS) is 10.8. The molecule has 96 valence electrons. The Balaban J connectivity index is 2.10. The smallest absolute Gasteiger partial charge is 0.123 e. The van der Waals surface area contributed by atoms with Gasteiger partial charge in [0, 0.05) is 23.9 Å². The zero-order valence-electron chi connectivity index (χ0n) is 10.4. The molecule has 0 unspecified atom stereocenters. The first-order valence-corrected chi connectivity index (χ1v) is 7.02. The second-order valence-corrected chi connectivity index (χ2v) is 5.32. The van der Waals surface area contributed by atoms with E-state index >= 15 is 0 Å². The van der Waals surface area contributed by atoms with Crippen molar-refractivity contribution in [2.75, 3.05) is 5.73 Å². The van der Waals surface area contributed by atoms with Crippen LogP contribution in [0.15, 0.2) is 23.2 Å². The predicted octanol–water partition coefficient (Wildman–Crippen LogP) is 2.91. The Hall–Kier alpha value is -1.20. The van der Waals surface area contributed by atoms with Crippen molar-refractivity contribution in [3.8, 4) is 0 Å². The summed E-state index contributed by atoms with van der Waals surface area (Å²) in [6.45, 7) is 2.05. The highest BCUT2D eigenvalue weighted by Gasteiger charge is 2.12. The van der Waals surface area contributed by atoms with Gasteiger partial charge in [-0.1, -0.05) is 18.5 Å². The van der Waals surface area contributed by atoms with Gasteiger partial charge in [0.1, 0.15) is 5.82 Å². The van der Waals surface area contributed by atoms with E-state index in [-0.39, 0.29) is 0 Å². The van der Waals surface area contributed by atoms with Gasteiger partial charge in [-0.2, -0.15) is 5.10 Å². The van der Waals surface area contributed by atoms with Gasteiger partial charge in [-0.15, -0.1) is 11.8 Å². The Morgan fingerprint density at radius 3 is 2.78 bits per heavy atom. The molecule has 0 saturated heterocycles. The Morgan fingerprint density at radius 1 is 1.44 bits per heavy atom. The molecule has 0 spiro atoms. The number of nitrogens with zero attached hydrogens (tertiary/aromatic N) is 3. The quantitative estimate of drug-likeness (QED) is 0.876. The molecule has 0 aliphatic heterocycles. The van der Waals surface area contributed by atoms with Crippen molar-refractivity contribution in [2.24, 2.45) is 7.05 Å². The van der Waals surface area contributed by atoms with Crippen LogP contribution < -0.4 is 5.73 Å². The number of nitrogen functional groups attached to an aromatic ring is 1. The van der Waals surface area contributed by atoms with Crippen LogP contribution in [0.25, 0.3) is 0 Å². The monoisotopic (exact) mass is 282 g/mol. The Morgan fingerprint density at radius 2 is 2.22 bits per heavy atom. The Kier molecular flexibility index (Phi) is 4.14. The van der Waals surface area contributed by atoms with Crippen LogP contribution in [-0.4, -0.2) is 14.8 Å². The third-order valence-corrected chi connectivity index (χ3v) is 4.07. The predicted molar refractivity (Wildman–Crippen MR) is 75.8 cm³/mol. The summed E-state index contributed by atoms with van der Waals surface area (Å²) >= 11 is 7.96. The van der Waals surface area contributed by atoms with Crippen molar-refractivity contribution in [3.63, 3.8) is 0 Å². The van der Waals surface area contributed by atoms with E-state index in [0.29, 0.717) is 5.82 Å². The minimum atomic E-state index is 0.534. The van der Waals surface area contributed by atoms with Crippen molar-refractivity contribution in [1.82, 2.24) is 14.8 Å². The van der Waals surface area contributed by atoms with Crippen LogP contribution in [0.5, 0.6) is 0 Å². The molecular weight excluding hydrogens is 268 g/mol. The van der Waals surface area contributed by atoms with Gasteiger partial charge in [0.25, 0.3) is 0 Å². The highest BCUT2D eigenvalue weighted by molar-refractivity contribution is 7.98. The highest BCUT2D eigenvalue weighted by Crippen LogP contribution is 2.28. The molecule has 0 bridgehead atoms.